The number of ketones is 1. The normalized spacial score (nSPS) is 20.7. The van der Waals surface area contributed by atoms with Gasteiger partial charge in [0.1, 0.15) is 0 Å². The van der Waals surface area contributed by atoms with Crippen molar-refractivity contribution >= 4 is 16.7 Å². The molecule has 1 heterocycles. The lowest BCUT2D eigenvalue weighted by atomic mass is 10.0. The third kappa shape index (κ3) is 1.46. The monoisotopic (exact) mass is 255 g/mol. The Morgan fingerprint density at radius 2 is 1.68 bits per heavy atom. The number of nitrogens with zero attached hydrogens (tertiary/aromatic N) is 1. The summed E-state index contributed by atoms with van der Waals surface area (Å²) < 4.78 is 2.05. The number of aryl methyl sites for hydroxylation is 1. The lowest BCUT2D eigenvalue weighted by Crippen LogP contribution is -2.07. The van der Waals surface area contributed by atoms with Gasteiger partial charge < -0.3 is 4.57 Å². The van der Waals surface area contributed by atoms with E-state index < -0.39 is 0 Å². The summed E-state index contributed by atoms with van der Waals surface area (Å²) in [5, 5.41) is 1.08. The molecule has 2 nitrogen and oxygen atoms in total. The van der Waals surface area contributed by atoms with Crippen LogP contribution >= 0.6 is 0 Å². The minimum Gasteiger partial charge on any atom is -0.350 e. The van der Waals surface area contributed by atoms with Crippen LogP contribution in [0.3, 0.4) is 0 Å². The van der Waals surface area contributed by atoms with Gasteiger partial charge in [-0.25, -0.2) is 0 Å². The highest BCUT2D eigenvalue weighted by Gasteiger charge is 2.68. The third-order valence-corrected chi connectivity index (χ3v) is 5.45. The molecule has 2 heteroatoms. The average molecular weight is 255 g/mol. The molecule has 0 bridgehead atoms. The first-order valence-electron chi connectivity index (χ1n) is 6.87. The van der Waals surface area contributed by atoms with E-state index in [9.17, 15) is 4.79 Å². The van der Waals surface area contributed by atoms with Crippen molar-refractivity contribution in [2.75, 3.05) is 0 Å². The molecule has 100 valence electrons. The molecule has 2 aromatic rings. The fraction of sp³-hybridized carbons (Fsp3) is 0.471. The quantitative estimate of drug-likeness (QED) is 0.742. The van der Waals surface area contributed by atoms with Gasteiger partial charge >= 0.3 is 0 Å². The number of rotatable bonds is 2. The van der Waals surface area contributed by atoms with Crippen molar-refractivity contribution in [1.82, 2.24) is 4.57 Å². The fourth-order valence-corrected chi connectivity index (χ4v) is 3.55. The van der Waals surface area contributed by atoms with E-state index in [4.69, 9.17) is 0 Å². The van der Waals surface area contributed by atoms with Gasteiger partial charge in [-0.15, -0.1) is 0 Å². The standard InChI is InChI=1S/C17H21NO/c1-16(2)15(17(16,3)4)14(19)12-10-18(5)13-9-7-6-8-11(12)13/h6-10,15H,1-5H3. The molecule has 0 amide bonds. The first kappa shape index (κ1) is 12.5. The van der Waals surface area contributed by atoms with E-state index >= 15 is 0 Å². The van der Waals surface area contributed by atoms with Crippen LogP contribution in [0.25, 0.3) is 10.9 Å². The van der Waals surface area contributed by atoms with E-state index in [2.05, 4.69) is 33.8 Å². The first-order chi connectivity index (χ1) is 8.78. The van der Waals surface area contributed by atoms with Gasteiger partial charge in [0.2, 0.25) is 0 Å². The van der Waals surface area contributed by atoms with E-state index in [1.807, 2.05) is 36.0 Å². The van der Waals surface area contributed by atoms with Crippen LogP contribution in [0.1, 0.15) is 38.1 Å². The molecule has 0 radical (unpaired) electrons. The number of carbonyl (C=O) groups excluding carboxylic acids is 1. The number of fused-ring (bicyclic) bond motifs is 1. The smallest absolute Gasteiger partial charge is 0.169 e. The van der Waals surface area contributed by atoms with Crippen LogP contribution in [0.5, 0.6) is 0 Å². The number of aromatic nitrogens is 1. The molecule has 1 fully saturated rings. The maximum Gasteiger partial charge on any atom is 0.169 e. The van der Waals surface area contributed by atoms with Crippen molar-refractivity contribution in [2.45, 2.75) is 27.7 Å². The summed E-state index contributed by atoms with van der Waals surface area (Å²) in [5.41, 5.74) is 2.20. The largest absolute Gasteiger partial charge is 0.350 e. The molecule has 3 rings (SSSR count). The molecule has 0 spiro atoms. The number of hydrogen-bond acceptors (Lipinski definition) is 1. The number of hydrogen-bond donors (Lipinski definition) is 0. The maximum absolute atomic E-state index is 12.9. The third-order valence-electron chi connectivity index (χ3n) is 5.45. The zero-order valence-electron chi connectivity index (χ0n) is 12.3. The number of para-hydroxylation sites is 1. The van der Waals surface area contributed by atoms with Crippen LogP contribution < -0.4 is 0 Å². The molecular formula is C17H21NO. The second-order valence-corrected chi connectivity index (χ2v) is 6.91. The summed E-state index contributed by atoms with van der Waals surface area (Å²) >= 11 is 0. The molecule has 1 aliphatic rings. The van der Waals surface area contributed by atoms with E-state index in [0.29, 0.717) is 5.78 Å². The van der Waals surface area contributed by atoms with Crippen LogP contribution in [0.2, 0.25) is 0 Å². The highest BCUT2D eigenvalue weighted by molar-refractivity contribution is 6.11. The summed E-state index contributed by atoms with van der Waals surface area (Å²) in [6.45, 7) is 8.78. The molecule has 1 saturated carbocycles. The Morgan fingerprint density at radius 3 is 2.26 bits per heavy atom. The van der Waals surface area contributed by atoms with Gasteiger partial charge in [0.25, 0.3) is 0 Å². The van der Waals surface area contributed by atoms with Gasteiger partial charge in [-0.1, -0.05) is 45.9 Å². The lowest BCUT2D eigenvalue weighted by molar-refractivity contribution is 0.0946. The minimum atomic E-state index is 0.0982. The highest BCUT2D eigenvalue weighted by atomic mass is 16.1. The van der Waals surface area contributed by atoms with Gasteiger partial charge in [0.15, 0.2) is 5.78 Å². The summed E-state index contributed by atoms with van der Waals surface area (Å²) in [6, 6.07) is 8.13. The van der Waals surface area contributed by atoms with Crippen LogP contribution in [0.15, 0.2) is 30.5 Å². The molecule has 0 N–H and O–H groups in total. The van der Waals surface area contributed by atoms with Crippen molar-refractivity contribution in [1.29, 1.82) is 0 Å². The molecule has 1 aliphatic carbocycles. The van der Waals surface area contributed by atoms with Crippen molar-refractivity contribution in [3.05, 3.63) is 36.0 Å². The predicted molar refractivity (Wildman–Crippen MR) is 78.3 cm³/mol. The van der Waals surface area contributed by atoms with Gasteiger partial charge in [0, 0.05) is 35.6 Å². The minimum absolute atomic E-state index is 0.0982. The number of carbonyl (C=O) groups is 1. The summed E-state index contributed by atoms with van der Waals surface area (Å²) in [4.78, 5) is 12.9. The van der Waals surface area contributed by atoms with Crippen LogP contribution in [-0.2, 0) is 7.05 Å². The topological polar surface area (TPSA) is 22.0 Å². The molecular weight excluding hydrogens is 234 g/mol. The molecule has 0 atom stereocenters. The maximum atomic E-state index is 12.9. The van der Waals surface area contributed by atoms with E-state index in [1.54, 1.807) is 0 Å². The Labute approximate surface area is 114 Å². The zero-order chi connectivity index (χ0) is 14.0. The Hall–Kier alpha value is -1.57. The molecule has 1 aromatic carbocycles. The lowest BCUT2D eigenvalue weighted by Gasteiger charge is -2.03. The molecule has 0 unspecified atom stereocenters. The van der Waals surface area contributed by atoms with Crippen LogP contribution in [0, 0.1) is 16.7 Å². The molecule has 0 aliphatic heterocycles. The van der Waals surface area contributed by atoms with Gasteiger partial charge in [-0.3, -0.25) is 4.79 Å². The van der Waals surface area contributed by atoms with Gasteiger partial charge in [0.05, 0.1) is 0 Å². The van der Waals surface area contributed by atoms with Crippen molar-refractivity contribution in [3.63, 3.8) is 0 Å². The summed E-state index contributed by atoms with van der Waals surface area (Å²) in [7, 11) is 2.00. The number of benzene rings is 1. The highest BCUT2D eigenvalue weighted by Crippen LogP contribution is 2.69. The SMILES string of the molecule is Cn1cc(C(=O)C2C(C)(C)C2(C)C)c2ccccc21. The van der Waals surface area contributed by atoms with E-state index in [1.165, 1.54) is 0 Å². The molecule has 1 aromatic heterocycles. The second-order valence-electron chi connectivity index (χ2n) is 6.91. The summed E-state index contributed by atoms with van der Waals surface area (Å²) in [6.07, 6.45) is 1.98. The van der Waals surface area contributed by atoms with Crippen molar-refractivity contribution in [3.8, 4) is 0 Å². The van der Waals surface area contributed by atoms with Gasteiger partial charge in [-0.2, -0.15) is 0 Å². The molecule has 0 saturated heterocycles. The van der Waals surface area contributed by atoms with Crippen molar-refractivity contribution in [2.24, 2.45) is 23.8 Å². The Morgan fingerprint density at radius 1 is 1.11 bits per heavy atom. The van der Waals surface area contributed by atoms with E-state index in [-0.39, 0.29) is 16.7 Å². The summed E-state index contributed by atoms with van der Waals surface area (Å²) in [5.74, 6) is 0.428. The predicted octanol–water partition coefficient (Wildman–Crippen LogP) is 4.04. The Kier molecular flexibility index (Phi) is 2.30. The Bertz CT molecular complexity index is 662. The first-order valence-corrected chi connectivity index (χ1v) is 6.87. The average Bonchev–Trinajstić information content (AvgIpc) is 2.64. The van der Waals surface area contributed by atoms with Crippen molar-refractivity contribution < 1.29 is 4.79 Å². The molecule has 19 heavy (non-hydrogen) atoms. The second kappa shape index (κ2) is 3.50. The van der Waals surface area contributed by atoms with E-state index in [0.717, 1.165) is 16.5 Å². The van der Waals surface area contributed by atoms with Crippen LogP contribution in [-0.4, -0.2) is 10.4 Å². The van der Waals surface area contributed by atoms with Gasteiger partial charge in [-0.05, 0) is 16.9 Å². The van der Waals surface area contributed by atoms with Crippen LogP contribution in [0.4, 0.5) is 0 Å². The Balaban J connectivity index is 2.10. The fourth-order valence-electron chi connectivity index (χ4n) is 3.55. The zero-order valence-corrected chi connectivity index (χ0v) is 12.3. The number of Topliss-reactive ketones (excluding diaryl/α,β-unsaturated/α-hetero) is 1.